The Morgan fingerprint density at radius 1 is 1.50 bits per heavy atom. The van der Waals surface area contributed by atoms with E-state index in [1.54, 1.807) is 31.6 Å². The van der Waals surface area contributed by atoms with E-state index in [4.69, 9.17) is 4.74 Å². The molecule has 1 heterocycles. The molecule has 0 fully saturated rings. The summed E-state index contributed by atoms with van der Waals surface area (Å²) < 4.78 is 18.7. The first-order chi connectivity index (χ1) is 11.9. The summed E-state index contributed by atoms with van der Waals surface area (Å²) >= 11 is 1.57. The number of benzene rings is 1. The third-order valence-electron chi connectivity index (χ3n) is 3.71. The maximum Gasteiger partial charge on any atom is 0.194 e. The number of halogens is 2. The van der Waals surface area contributed by atoms with Crippen LogP contribution in [0.2, 0.25) is 0 Å². The van der Waals surface area contributed by atoms with Gasteiger partial charge in [-0.25, -0.2) is 9.37 Å². The van der Waals surface area contributed by atoms with E-state index in [0.29, 0.717) is 19.0 Å². The standard InChI is InChI=1S/C17H23FN4O2S.HI/c1-11(24-4)16-21-13(10-25-16)9-22(3)17(19-2)20-8-12-5-6-15(23)14(18)7-12;/h5-7,10-11,23H,8-9H2,1-4H3,(H,19,20);1H. The molecule has 0 amide bonds. The van der Waals surface area contributed by atoms with Crippen LogP contribution in [-0.2, 0) is 17.8 Å². The van der Waals surface area contributed by atoms with Gasteiger partial charge in [0.1, 0.15) is 11.1 Å². The predicted octanol–water partition coefficient (Wildman–Crippen LogP) is 3.52. The topological polar surface area (TPSA) is 70.0 Å². The van der Waals surface area contributed by atoms with Crippen LogP contribution >= 0.6 is 35.3 Å². The summed E-state index contributed by atoms with van der Waals surface area (Å²) in [6, 6.07) is 4.30. The summed E-state index contributed by atoms with van der Waals surface area (Å²) in [6.45, 7) is 2.96. The Labute approximate surface area is 174 Å². The van der Waals surface area contributed by atoms with Gasteiger partial charge in [-0.15, -0.1) is 35.3 Å². The van der Waals surface area contributed by atoms with Gasteiger partial charge in [-0.2, -0.15) is 0 Å². The van der Waals surface area contributed by atoms with Crippen molar-refractivity contribution in [3.63, 3.8) is 0 Å². The Morgan fingerprint density at radius 3 is 2.85 bits per heavy atom. The van der Waals surface area contributed by atoms with Gasteiger partial charge in [0.25, 0.3) is 0 Å². The summed E-state index contributed by atoms with van der Waals surface area (Å²) in [7, 11) is 5.26. The third kappa shape index (κ3) is 6.06. The van der Waals surface area contributed by atoms with Gasteiger partial charge in [-0.3, -0.25) is 4.99 Å². The van der Waals surface area contributed by atoms with Crippen molar-refractivity contribution < 1.29 is 14.2 Å². The van der Waals surface area contributed by atoms with Crippen molar-refractivity contribution in [2.75, 3.05) is 21.2 Å². The maximum absolute atomic E-state index is 13.4. The number of thiazole rings is 1. The molecular formula is C17H24FIN4O2S. The fourth-order valence-corrected chi connectivity index (χ4v) is 3.07. The second-order valence-corrected chi connectivity index (χ2v) is 6.49. The van der Waals surface area contributed by atoms with E-state index in [-0.39, 0.29) is 35.8 Å². The molecule has 0 radical (unpaired) electrons. The van der Waals surface area contributed by atoms with E-state index >= 15 is 0 Å². The smallest absolute Gasteiger partial charge is 0.194 e. The molecule has 1 atom stereocenters. The number of aromatic nitrogens is 1. The largest absolute Gasteiger partial charge is 0.505 e. The van der Waals surface area contributed by atoms with Gasteiger partial charge in [0.05, 0.1) is 12.2 Å². The fourth-order valence-electron chi connectivity index (χ4n) is 2.23. The minimum Gasteiger partial charge on any atom is -0.505 e. The maximum atomic E-state index is 13.4. The average Bonchev–Trinajstić information content (AvgIpc) is 3.06. The van der Waals surface area contributed by atoms with Gasteiger partial charge in [0.15, 0.2) is 17.5 Å². The number of nitrogens with zero attached hydrogens (tertiary/aromatic N) is 3. The highest BCUT2D eigenvalue weighted by Gasteiger charge is 2.13. The summed E-state index contributed by atoms with van der Waals surface area (Å²) in [4.78, 5) is 10.7. The molecule has 1 unspecified atom stereocenters. The molecule has 0 saturated carbocycles. The first kappa shape index (κ1) is 22.6. The van der Waals surface area contributed by atoms with Crippen molar-refractivity contribution >= 4 is 41.3 Å². The van der Waals surface area contributed by atoms with Gasteiger partial charge < -0.3 is 20.1 Å². The first-order valence-corrected chi connectivity index (χ1v) is 8.68. The lowest BCUT2D eigenvalue weighted by Crippen LogP contribution is -2.38. The number of phenols is 1. The molecule has 2 aromatic rings. The number of hydrogen-bond acceptors (Lipinski definition) is 5. The average molecular weight is 494 g/mol. The highest BCUT2D eigenvalue weighted by molar-refractivity contribution is 14.0. The highest BCUT2D eigenvalue weighted by atomic mass is 127. The molecule has 26 heavy (non-hydrogen) atoms. The molecule has 2 N–H and O–H groups in total. The first-order valence-electron chi connectivity index (χ1n) is 7.80. The normalized spacial score (nSPS) is 12.4. The van der Waals surface area contributed by atoms with Crippen LogP contribution in [0.25, 0.3) is 0 Å². The van der Waals surface area contributed by atoms with Crippen molar-refractivity contribution in [2.45, 2.75) is 26.1 Å². The fraction of sp³-hybridized carbons (Fsp3) is 0.412. The lowest BCUT2D eigenvalue weighted by atomic mass is 10.2. The molecule has 1 aromatic heterocycles. The Hall–Kier alpha value is -1.46. The zero-order valence-corrected chi connectivity index (χ0v) is 18.3. The van der Waals surface area contributed by atoms with E-state index in [1.807, 2.05) is 24.3 Å². The third-order valence-corrected chi connectivity index (χ3v) is 4.76. The number of phenolic OH excluding ortho intramolecular Hbond substituents is 1. The van der Waals surface area contributed by atoms with Crippen molar-refractivity contribution in [3.05, 3.63) is 45.7 Å². The van der Waals surface area contributed by atoms with Crippen LogP contribution in [0, 0.1) is 5.82 Å². The SMILES string of the molecule is CN=C(NCc1ccc(O)c(F)c1)N(C)Cc1csc(C(C)OC)n1.I. The minimum atomic E-state index is -0.634. The molecule has 0 bridgehead atoms. The molecule has 0 aliphatic carbocycles. The van der Waals surface area contributed by atoms with Gasteiger partial charge in [-0.1, -0.05) is 6.07 Å². The number of nitrogens with one attached hydrogen (secondary N) is 1. The minimum absolute atomic E-state index is 0. The molecule has 0 aliphatic heterocycles. The summed E-state index contributed by atoms with van der Waals surface area (Å²) in [5, 5.41) is 15.4. The van der Waals surface area contributed by atoms with E-state index in [9.17, 15) is 9.50 Å². The van der Waals surface area contributed by atoms with Crippen LogP contribution in [0.3, 0.4) is 0 Å². The number of rotatable bonds is 6. The van der Waals surface area contributed by atoms with Crippen LogP contribution in [0.4, 0.5) is 4.39 Å². The summed E-state index contributed by atoms with van der Waals surface area (Å²) in [5.41, 5.74) is 1.65. The number of guanidine groups is 1. The van der Waals surface area contributed by atoms with Crippen molar-refractivity contribution in [2.24, 2.45) is 4.99 Å². The molecule has 9 heteroatoms. The van der Waals surface area contributed by atoms with Crippen molar-refractivity contribution in [3.8, 4) is 5.75 Å². The summed E-state index contributed by atoms with van der Waals surface area (Å²) in [6.07, 6.45) is -0.0223. The Bertz CT molecular complexity index is 741. The van der Waals surface area contributed by atoms with E-state index in [0.717, 1.165) is 16.3 Å². The van der Waals surface area contributed by atoms with Crippen LogP contribution in [0.1, 0.15) is 29.3 Å². The van der Waals surface area contributed by atoms with Gasteiger partial charge in [0, 0.05) is 33.1 Å². The van der Waals surface area contributed by atoms with Gasteiger partial charge >= 0.3 is 0 Å². The zero-order chi connectivity index (χ0) is 18.4. The van der Waals surface area contributed by atoms with Gasteiger partial charge in [0.2, 0.25) is 0 Å². The Kier molecular flexibility index (Phi) is 9.23. The lowest BCUT2D eigenvalue weighted by molar-refractivity contribution is 0.119. The number of aliphatic imine (C=N–C) groups is 1. The molecular weight excluding hydrogens is 470 g/mol. The number of hydrogen-bond donors (Lipinski definition) is 2. The molecule has 0 aliphatic rings. The van der Waals surface area contributed by atoms with Crippen molar-refractivity contribution in [1.29, 1.82) is 0 Å². The van der Waals surface area contributed by atoms with Gasteiger partial charge in [-0.05, 0) is 24.6 Å². The number of methoxy groups -OCH3 is 1. The highest BCUT2D eigenvalue weighted by Crippen LogP contribution is 2.21. The summed E-state index contributed by atoms with van der Waals surface area (Å²) in [5.74, 6) is -0.317. The monoisotopic (exact) mass is 494 g/mol. The zero-order valence-electron chi connectivity index (χ0n) is 15.2. The van der Waals surface area contributed by atoms with E-state index in [1.165, 1.54) is 12.1 Å². The van der Waals surface area contributed by atoms with E-state index < -0.39 is 5.82 Å². The Balaban J connectivity index is 0.00000338. The molecule has 0 saturated heterocycles. The lowest BCUT2D eigenvalue weighted by Gasteiger charge is -2.21. The predicted molar refractivity (Wildman–Crippen MR) is 113 cm³/mol. The van der Waals surface area contributed by atoms with E-state index in [2.05, 4.69) is 15.3 Å². The molecule has 0 spiro atoms. The second kappa shape index (κ2) is 10.6. The second-order valence-electron chi connectivity index (χ2n) is 5.60. The Morgan fingerprint density at radius 2 is 2.23 bits per heavy atom. The molecule has 6 nitrogen and oxygen atoms in total. The van der Waals surface area contributed by atoms with Crippen molar-refractivity contribution in [1.82, 2.24) is 15.2 Å². The molecule has 1 aromatic carbocycles. The number of ether oxygens (including phenoxy) is 1. The van der Waals surface area contributed by atoms with Crippen LogP contribution in [0.15, 0.2) is 28.6 Å². The quantitative estimate of drug-likeness (QED) is 0.366. The molecule has 2 rings (SSSR count). The molecule has 144 valence electrons. The van der Waals surface area contributed by atoms with Crippen LogP contribution < -0.4 is 5.32 Å². The number of aromatic hydroxyl groups is 1. The van der Waals surface area contributed by atoms with Crippen LogP contribution in [-0.4, -0.2) is 42.2 Å². The van der Waals surface area contributed by atoms with Crippen LogP contribution in [0.5, 0.6) is 5.75 Å².